The first-order valence-corrected chi connectivity index (χ1v) is 9.62. The third kappa shape index (κ3) is 4.37. The number of rotatable bonds is 6. The number of hydrogen-bond acceptors (Lipinski definition) is 5. The molecule has 3 aromatic rings. The topological polar surface area (TPSA) is 68.5 Å². The summed E-state index contributed by atoms with van der Waals surface area (Å²) in [6.45, 7) is 9.97. The zero-order valence-electron chi connectivity index (χ0n) is 17.5. The number of aryl methyl sites for hydroxylation is 2. The van der Waals surface area contributed by atoms with Crippen LogP contribution in [0.4, 0.5) is 5.69 Å². The summed E-state index contributed by atoms with van der Waals surface area (Å²) >= 11 is 0. The average molecular weight is 390 g/mol. The largest absolute Gasteiger partial charge is 0.461 e. The van der Waals surface area contributed by atoms with Gasteiger partial charge >= 0.3 is 5.97 Å². The molecule has 0 spiro atoms. The van der Waals surface area contributed by atoms with Crippen LogP contribution in [0, 0.1) is 20.8 Å². The molecule has 0 unspecified atom stereocenters. The van der Waals surface area contributed by atoms with Crippen LogP contribution in [0.2, 0.25) is 0 Å². The normalized spacial score (nSPS) is 11.4. The van der Waals surface area contributed by atoms with E-state index in [2.05, 4.69) is 35.5 Å². The first-order valence-electron chi connectivity index (χ1n) is 9.62. The Balaban J connectivity index is 2.07. The molecule has 2 aromatic carbocycles. The van der Waals surface area contributed by atoms with Crippen LogP contribution in [0.15, 0.2) is 53.6 Å². The van der Waals surface area contributed by atoms with E-state index in [9.17, 15) is 4.79 Å². The standard InChI is InChI=1S/C23H26N4O2/c1-6-29-23(28)22-21(17(4)24-25-19-10-8-7-9-11-19)18(5)27(26-22)20-13-12-15(2)16(3)14-20/h7-14,25H,6H2,1-5H3/b24-17+. The SMILES string of the molecule is CCOC(=O)c1nn(-c2ccc(C)c(C)c2)c(C)c1/C(C)=N/Nc1ccccc1. The number of anilines is 1. The molecule has 0 aliphatic carbocycles. The summed E-state index contributed by atoms with van der Waals surface area (Å²) in [6, 6.07) is 15.8. The molecule has 0 aliphatic heterocycles. The molecule has 150 valence electrons. The molecule has 1 N–H and O–H groups in total. The zero-order chi connectivity index (χ0) is 21.0. The highest BCUT2D eigenvalue weighted by Gasteiger charge is 2.24. The van der Waals surface area contributed by atoms with Gasteiger partial charge in [-0.2, -0.15) is 10.2 Å². The number of nitrogens with zero attached hydrogens (tertiary/aromatic N) is 3. The van der Waals surface area contributed by atoms with E-state index in [1.807, 2.05) is 56.3 Å². The second-order valence-electron chi connectivity index (χ2n) is 6.88. The molecular formula is C23H26N4O2. The third-order valence-corrected chi connectivity index (χ3v) is 4.81. The number of hydrogen-bond donors (Lipinski definition) is 1. The smallest absolute Gasteiger partial charge is 0.359 e. The van der Waals surface area contributed by atoms with Crippen molar-refractivity contribution >= 4 is 17.4 Å². The molecule has 0 bridgehead atoms. The molecule has 0 saturated carbocycles. The van der Waals surface area contributed by atoms with Gasteiger partial charge in [0.2, 0.25) is 0 Å². The lowest BCUT2D eigenvalue weighted by atomic mass is 10.1. The van der Waals surface area contributed by atoms with E-state index in [1.54, 1.807) is 11.6 Å². The number of benzene rings is 2. The molecule has 6 nitrogen and oxygen atoms in total. The second-order valence-corrected chi connectivity index (χ2v) is 6.88. The van der Waals surface area contributed by atoms with Crippen molar-refractivity contribution in [3.8, 4) is 5.69 Å². The van der Waals surface area contributed by atoms with Crippen LogP contribution in [-0.4, -0.2) is 28.1 Å². The molecule has 0 saturated heterocycles. The van der Waals surface area contributed by atoms with E-state index in [0.717, 1.165) is 22.6 Å². The maximum atomic E-state index is 12.6. The number of carbonyl (C=O) groups is 1. The monoisotopic (exact) mass is 390 g/mol. The fourth-order valence-electron chi connectivity index (χ4n) is 3.10. The van der Waals surface area contributed by atoms with Crippen molar-refractivity contribution in [2.24, 2.45) is 5.10 Å². The van der Waals surface area contributed by atoms with Gasteiger partial charge in [-0.1, -0.05) is 24.3 Å². The van der Waals surface area contributed by atoms with Crippen LogP contribution in [0.1, 0.15) is 46.7 Å². The van der Waals surface area contributed by atoms with E-state index in [-0.39, 0.29) is 12.3 Å². The minimum atomic E-state index is -0.456. The van der Waals surface area contributed by atoms with E-state index in [4.69, 9.17) is 4.74 Å². The van der Waals surface area contributed by atoms with Gasteiger partial charge in [0.1, 0.15) is 0 Å². The molecule has 1 heterocycles. The third-order valence-electron chi connectivity index (χ3n) is 4.81. The van der Waals surface area contributed by atoms with Crippen LogP contribution in [0.5, 0.6) is 0 Å². The van der Waals surface area contributed by atoms with Gasteiger partial charge in [-0.25, -0.2) is 9.48 Å². The number of carbonyl (C=O) groups excluding carboxylic acids is 1. The van der Waals surface area contributed by atoms with Crippen molar-refractivity contribution in [1.82, 2.24) is 9.78 Å². The fourth-order valence-corrected chi connectivity index (χ4v) is 3.10. The fraction of sp³-hybridized carbons (Fsp3) is 0.261. The van der Waals surface area contributed by atoms with E-state index >= 15 is 0 Å². The number of esters is 1. The molecule has 3 rings (SSSR count). The van der Waals surface area contributed by atoms with Crippen molar-refractivity contribution in [1.29, 1.82) is 0 Å². The summed E-state index contributed by atoms with van der Waals surface area (Å²) in [7, 11) is 0. The maximum Gasteiger partial charge on any atom is 0.359 e. The first kappa shape index (κ1) is 20.3. The molecular weight excluding hydrogens is 364 g/mol. The number of nitrogens with one attached hydrogen (secondary N) is 1. The Morgan fingerprint density at radius 3 is 2.48 bits per heavy atom. The quantitative estimate of drug-likeness (QED) is 0.373. The molecule has 0 atom stereocenters. The van der Waals surface area contributed by atoms with Gasteiger partial charge in [-0.15, -0.1) is 0 Å². The minimum Gasteiger partial charge on any atom is -0.461 e. The van der Waals surface area contributed by atoms with Crippen LogP contribution >= 0.6 is 0 Å². The van der Waals surface area contributed by atoms with Gasteiger partial charge in [-0.05, 0) is 70.0 Å². The first-order chi connectivity index (χ1) is 13.9. The van der Waals surface area contributed by atoms with Gasteiger partial charge in [-0.3, -0.25) is 5.43 Å². The van der Waals surface area contributed by atoms with E-state index < -0.39 is 5.97 Å². The van der Waals surface area contributed by atoms with Gasteiger partial charge in [0.15, 0.2) is 5.69 Å². The van der Waals surface area contributed by atoms with E-state index in [1.165, 1.54) is 5.56 Å². The summed E-state index contributed by atoms with van der Waals surface area (Å²) in [4.78, 5) is 12.6. The minimum absolute atomic E-state index is 0.263. The zero-order valence-corrected chi connectivity index (χ0v) is 17.5. The number of hydrazone groups is 1. The highest BCUT2D eigenvalue weighted by molar-refractivity contribution is 6.08. The Morgan fingerprint density at radius 1 is 1.10 bits per heavy atom. The summed E-state index contributed by atoms with van der Waals surface area (Å²) < 4.78 is 7.01. The second kappa shape index (κ2) is 8.73. The van der Waals surface area contributed by atoms with Gasteiger partial charge in [0, 0.05) is 0 Å². The summed E-state index contributed by atoms with van der Waals surface area (Å²) in [5.74, 6) is -0.456. The highest BCUT2D eigenvalue weighted by Crippen LogP contribution is 2.22. The molecule has 0 aliphatic rings. The molecule has 1 aromatic heterocycles. The van der Waals surface area contributed by atoms with Crippen molar-refractivity contribution in [2.75, 3.05) is 12.0 Å². The van der Waals surface area contributed by atoms with Crippen LogP contribution in [0.25, 0.3) is 5.69 Å². The Kier molecular flexibility index (Phi) is 6.12. The Labute approximate surface area is 171 Å². The maximum absolute atomic E-state index is 12.6. The molecule has 0 amide bonds. The lowest BCUT2D eigenvalue weighted by molar-refractivity contribution is 0.0518. The summed E-state index contributed by atoms with van der Waals surface area (Å²) in [6.07, 6.45) is 0. The van der Waals surface area contributed by atoms with Crippen molar-refractivity contribution in [3.63, 3.8) is 0 Å². The number of para-hydroxylation sites is 1. The highest BCUT2D eigenvalue weighted by atomic mass is 16.5. The predicted molar refractivity (Wildman–Crippen MR) is 116 cm³/mol. The molecule has 29 heavy (non-hydrogen) atoms. The average Bonchev–Trinajstić information content (AvgIpc) is 3.06. The van der Waals surface area contributed by atoms with Crippen LogP contribution in [-0.2, 0) is 4.74 Å². The summed E-state index contributed by atoms with van der Waals surface area (Å²) in [5, 5.41) is 9.05. The number of ether oxygens (including phenoxy) is 1. The lowest BCUT2D eigenvalue weighted by Crippen LogP contribution is -2.11. The molecule has 0 radical (unpaired) electrons. The number of aromatic nitrogens is 2. The molecule has 0 fully saturated rings. The Bertz CT molecular complexity index is 1050. The van der Waals surface area contributed by atoms with Crippen LogP contribution < -0.4 is 5.43 Å². The molecule has 6 heteroatoms. The van der Waals surface area contributed by atoms with Crippen molar-refractivity contribution in [2.45, 2.75) is 34.6 Å². The van der Waals surface area contributed by atoms with Crippen molar-refractivity contribution < 1.29 is 9.53 Å². The van der Waals surface area contributed by atoms with Crippen LogP contribution in [0.3, 0.4) is 0 Å². The lowest BCUT2D eigenvalue weighted by Gasteiger charge is -2.08. The van der Waals surface area contributed by atoms with Gasteiger partial charge < -0.3 is 4.74 Å². The summed E-state index contributed by atoms with van der Waals surface area (Å²) in [5.41, 5.74) is 9.57. The van der Waals surface area contributed by atoms with Gasteiger partial charge in [0.25, 0.3) is 0 Å². The van der Waals surface area contributed by atoms with Gasteiger partial charge in [0.05, 0.1) is 35.0 Å². The van der Waals surface area contributed by atoms with E-state index in [0.29, 0.717) is 11.3 Å². The van der Waals surface area contributed by atoms with Crippen molar-refractivity contribution in [3.05, 3.63) is 76.6 Å². The predicted octanol–water partition coefficient (Wildman–Crippen LogP) is 4.81. The Hall–Kier alpha value is -3.41. The Morgan fingerprint density at radius 2 is 1.83 bits per heavy atom.